The standard InChI is InChI=1S/C14H18N2S/c1-11-5-4-7-16-13(11)10-15-14(16)9-12-6-2-3-8-17-12/h4-5,7,10,12H,2-3,6,8-9H2,1H3. The van der Waals surface area contributed by atoms with Crippen molar-refractivity contribution < 1.29 is 0 Å². The molecule has 1 atom stereocenters. The Labute approximate surface area is 106 Å². The van der Waals surface area contributed by atoms with E-state index in [4.69, 9.17) is 0 Å². The average molecular weight is 246 g/mol. The first-order valence-corrected chi connectivity index (χ1v) is 7.42. The summed E-state index contributed by atoms with van der Waals surface area (Å²) in [5.41, 5.74) is 2.56. The molecule has 0 spiro atoms. The van der Waals surface area contributed by atoms with E-state index >= 15 is 0 Å². The molecule has 0 aromatic carbocycles. The molecule has 3 heterocycles. The highest BCUT2D eigenvalue weighted by atomic mass is 32.2. The molecular formula is C14H18N2S. The summed E-state index contributed by atoms with van der Waals surface area (Å²) in [5.74, 6) is 2.55. The summed E-state index contributed by atoms with van der Waals surface area (Å²) in [6, 6.07) is 4.26. The molecule has 1 unspecified atom stereocenters. The molecule has 1 fully saturated rings. The lowest BCUT2D eigenvalue weighted by molar-refractivity contribution is 0.646. The quantitative estimate of drug-likeness (QED) is 0.807. The second kappa shape index (κ2) is 4.73. The van der Waals surface area contributed by atoms with Crippen molar-refractivity contribution in [1.82, 2.24) is 9.38 Å². The van der Waals surface area contributed by atoms with Gasteiger partial charge >= 0.3 is 0 Å². The molecule has 0 N–H and O–H groups in total. The summed E-state index contributed by atoms with van der Waals surface area (Å²) in [7, 11) is 0. The minimum absolute atomic E-state index is 0.773. The Morgan fingerprint density at radius 1 is 1.47 bits per heavy atom. The van der Waals surface area contributed by atoms with Crippen LogP contribution in [0.1, 0.15) is 30.7 Å². The number of hydrogen-bond acceptors (Lipinski definition) is 2. The van der Waals surface area contributed by atoms with Gasteiger partial charge in [0.1, 0.15) is 5.82 Å². The zero-order chi connectivity index (χ0) is 11.7. The molecule has 0 saturated carbocycles. The summed E-state index contributed by atoms with van der Waals surface area (Å²) >= 11 is 2.12. The van der Waals surface area contributed by atoms with Crippen molar-refractivity contribution >= 4 is 17.3 Å². The van der Waals surface area contributed by atoms with Crippen molar-refractivity contribution in [2.45, 2.75) is 37.9 Å². The van der Waals surface area contributed by atoms with Crippen LogP contribution in [0.3, 0.4) is 0 Å². The van der Waals surface area contributed by atoms with E-state index in [0.29, 0.717) is 0 Å². The van der Waals surface area contributed by atoms with E-state index < -0.39 is 0 Å². The Kier molecular flexibility index (Phi) is 3.10. The molecule has 3 rings (SSSR count). The highest BCUT2D eigenvalue weighted by Gasteiger charge is 2.17. The molecule has 2 aromatic heterocycles. The molecule has 0 bridgehead atoms. The monoisotopic (exact) mass is 246 g/mol. The van der Waals surface area contributed by atoms with Gasteiger partial charge in [0.2, 0.25) is 0 Å². The number of pyridine rings is 1. The summed E-state index contributed by atoms with van der Waals surface area (Å²) in [6.45, 7) is 2.15. The third-order valence-corrected chi connectivity index (χ3v) is 4.94. The summed E-state index contributed by atoms with van der Waals surface area (Å²) in [4.78, 5) is 4.60. The van der Waals surface area contributed by atoms with Gasteiger partial charge in [-0.05, 0) is 37.1 Å². The maximum absolute atomic E-state index is 4.60. The molecule has 3 heteroatoms. The topological polar surface area (TPSA) is 17.3 Å². The van der Waals surface area contributed by atoms with Gasteiger partial charge < -0.3 is 4.40 Å². The molecule has 1 aliphatic rings. The largest absolute Gasteiger partial charge is 0.303 e. The van der Waals surface area contributed by atoms with Gasteiger partial charge in [0.05, 0.1) is 11.7 Å². The van der Waals surface area contributed by atoms with Gasteiger partial charge in [-0.25, -0.2) is 4.98 Å². The highest BCUT2D eigenvalue weighted by molar-refractivity contribution is 7.99. The fourth-order valence-corrected chi connectivity index (χ4v) is 3.84. The molecule has 1 aliphatic heterocycles. The van der Waals surface area contributed by atoms with Crippen molar-refractivity contribution in [3.05, 3.63) is 35.9 Å². The number of imidazole rings is 1. The second-order valence-electron chi connectivity index (χ2n) is 4.81. The van der Waals surface area contributed by atoms with Crippen LogP contribution < -0.4 is 0 Å². The normalized spacial score (nSPS) is 20.9. The third kappa shape index (κ3) is 2.21. The number of fused-ring (bicyclic) bond motifs is 1. The van der Waals surface area contributed by atoms with Crippen LogP contribution in [0.15, 0.2) is 24.5 Å². The molecule has 90 valence electrons. The van der Waals surface area contributed by atoms with E-state index in [-0.39, 0.29) is 0 Å². The smallest absolute Gasteiger partial charge is 0.114 e. The lowest BCUT2D eigenvalue weighted by Gasteiger charge is -2.20. The van der Waals surface area contributed by atoms with Gasteiger partial charge in [-0.2, -0.15) is 11.8 Å². The minimum Gasteiger partial charge on any atom is -0.303 e. The van der Waals surface area contributed by atoms with E-state index in [1.54, 1.807) is 0 Å². The van der Waals surface area contributed by atoms with E-state index in [2.05, 4.69) is 46.4 Å². The summed E-state index contributed by atoms with van der Waals surface area (Å²) in [5, 5.41) is 0.773. The number of nitrogens with zero attached hydrogens (tertiary/aromatic N) is 2. The highest BCUT2D eigenvalue weighted by Crippen LogP contribution is 2.27. The molecular weight excluding hydrogens is 228 g/mol. The molecule has 0 aliphatic carbocycles. The SMILES string of the molecule is Cc1cccn2c(CC3CCCCS3)ncc12. The van der Waals surface area contributed by atoms with Crippen molar-refractivity contribution in [3.63, 3.8) is 0 Å². The first-order valence-electron chi connectivity index (χ1n) is 6.38. The van der Waals surface area contributed by atoms with Crippen LogP contribution in [0.4, 0.5) is 0 Å². The maximum Gasteiger partial charge on any atom is 0.114 e. The predicted octanol–water partition coefficient (Wildman–Crippen LogP) is 3.47. The molecule has 1 saturated heterocycles. The minimum atomic E-state index is 0.773. The van der Waals surface area contributed by atoms with Crippen LogP contribution in [0, 0.1) is 6.92 Å². The van der Waals surface area contributed by atoms with Crippen molar-refractivity contribution in [1.29, 1.82) is 0 Å². The number of aryl methyl sites for hydroxylation is 1. The fraction of sp³-hybridized carbons (Fsp3) is 0.500. The number of aromatic nitrogens is 2. The fourth-order valence-electron chi connectivity index (χ4n) is 2.54. The van der Waals surface area contributed by atoms with Gasteiger partial charge in [0, 0.05) is 17.9 Å². The number of thioether (sulfide) groups is 1. The zero-order valence-electron chi connectivity index (χ0n) is 10.2. The van der Waals surface area contributed by atoms with Gasteiger partial charge in [0.25, 0.3) is 0 Å². The molecule has 17 heavy (non-hydrogen) atoms. The van der Waals surface area contributed by atoms with Crippen LogP contribution >= 0.6 is 11.8 Å². The summed E-state index contributed by atoms with van der Waals surface area (Å²) < 4.78 is 2.25. The lowest BCUT2D eigenvalue weighted by atomic mass is 10.1. The van der Waals surface area contributed by atoms with Gasteiger partial charge in [-0.3, -0.25) is 0 Å². The number of hydrogen-bond donors (Lipinski definition) is 0. The average Bonchev–Trinajstić information content (AvgIpc) is 2.76. The Balaban J connectivity index is 1.87. The van der Waals surface area contributed by atoms with Crippen molar-refractivity contribution in [3.8, 4) is 0 Å². The van der Waals surface area contributed by atoms with Gasteiger partial charge in [0.15, 0.2) is 0 Å². The zero-order valence-corrected chi connectivity index (χ0v) is 11.0. The number of rotatable bonds is 2. The van der Waals surface area contributed by atoms with Crippen LogP contribution in [-0.4, -0.2) is 20.4 Å². The Bertz CT molecular complexity index is 512. The van der Waals surface area contributed by atoms with Crippen LogP contribution in [0.5, 0.6) is 0 Å². The lowest BCUT2D eigenvalue weighted by Crippen LogP contribution is -2.14. The third-order valence-electron chi connectivity index (χ3n) is 3.54. The van der Waals surface area contributed by atoms with E-state index in [0.717, 1.165) is 11.7 Å². The summed E-state index contributed by atoms with van der Waals surface area (Å²) in [6.07, 6.45) is 9.40. The first kappa shape index (κ1) is 11.1. The van der Waals surface area contributed by atoms with Crippen molar-refractivity contribution in [2.24, 2.45) is 0 Å². The predicted molar refractivity (Wildman–Crippen MR) is 73.7 cm³/mol. The van der Waals surface area contributed by atoms with Crippen LogP contribution in [0.2, 0.25) is 0 Å². The first-order chi connectivity index (χ1) is 8.34. The van der Waals surface area contributed by atoms with Crippen LogP contribution in [0.25, 0.3) is 5.52 Å². The van der Waals surface area contributed by atoms with E-state index in [9.17, 15) is 0 Å². The molecule has 2 aromatic rings. The van der Waals surface area contributed by atoms with E-state index in [1.165, 1.54) is 41.9 Å². The van der Waals surface area contributed by atoms with Crippen LogP contribution in [-0.2, 0) is 6.42 Å². The van der Waals surface area contributed by atoms with Crippen molar-refractivity contribution in [2.75, 3.05) is 5.75 Å². The second-order valence-corrected chi connectivity index (χ2v) is 6.22. The Morgan fingerprint density at radius 3 is 3.24 bits per heavy atom. The molecule has 2 nitrogen and oxygen atoms in total. The Hall–Kier alpha value is -0.960. The molecule has 0 radical (unpaired) electrons. The molecule has 0 amide bonds. The Morgan fingerprint density at radius 2 is 2.41 bits per heavy atom. The maximum atomic E-state index is 4.60. The van der Waals surface area contributed by atoms with Gasteiger partial charge in [-0.15, -0.1) is 0 Å². The van der Waals surface area contributed by atoms with E-state index in [1.807, 2.05) is 6.20 Å². The van der Waals surface area contributed by atoms with Gasteiger partial charge in [-0.1, -0.05) is 12.5 Å².